The average molecular weight is 314 g/mol. The smallest absolute Gasteiger partial charge is 0.164 e. The second-order valence-corrected chi connectivity index (χ2v) is 5.96. The highest BCUT2D eigenvalue weighted by Gasteiger charge is 2.10. The van der Waals surface area contributed by atoms with Crippen molar-refractivity contribution in [2.75, 3.05) is 0 Å². The highest BCUT2D eigenvalue weighted by Crippen LogP contribution is 2.26. The van der Waals surface area contributed by atoms with Crippen molar-refractivity contribution in [2.24, 2.45) is 0 Å². The second-order valence-electron chi connectivity index (χ2n) is 5.39. The number of hydrogen-bond acceptors (Lipinski definition) is 3. The minimum Gasteiger partial charge on any atom is -0.488 e. The Morgan fingerprint density at radius 1 is 1.05 bits per heavy atom. The molecular formula is C19H22O2S. The molecule has 116 valence electrons. The maximum atomic E-state index is 6.00. The molecule has 2 rings (SSSR count). The van der Waals surface area contributed by atoms with Crippen molar-refractivity contribution in [3.8, 4) is 11.5 Å². The molecule has 0 unspecified atom stereocenters. The van der Waals surface area contributed by atoms with E-state index in [0.29, 0.717) is 11.7 Å². The number of thiocarbonyl (C=S) groups is 1. The third-order valence-corrected chi connectivity index (χ3v) is 3.72. The molecule has 0 aliphatic heterocycles. The van der Waals surface area contributed by atoms with Crippen LogP contribution in [0.1, 0.15) is 36.1 Å². The van der Waals surface area contributed by atoms with Crippen molar-refractivity contribution in [3.05, 3.63) is 58.7 Å². The molecule has 0 spiro atoms. The van der Waals surface area contributed by atoms with Crippen LogP contribution in [0.3, 0.4) is 0 Å². The van der Waals surface area contributed by atoms with Gasteiger partial charge in [0.2, 0.25) is 0 Å². The molecule has 2 aromatic carbocycles. The second kappa shape index (κ2) is 7.41. The van der Waals surface area contributed by atoms with Gasteiger partial charge in [0.15, 0.2) is 5.05 Å². The molecule has 0 saturated carbocycles. The van der Waals surface area contributed by atoms with Crippen LogP contribution in [-0.2, 0) is 13.0 Å². The summed E-state index contributed by atoms with van der Waals surface area (Å²) in [5.41, 5.74) is 4.64. The van der Waals surface area contributed by atoms with Gasteiger partial charge in [-0.05, 0) is 61.3 Å². The van der Waals surface area contributed by atoms with Crippen molar-refractivity contribution < 1.29 is 9.47 Å². The highest BCUT2D eigenvalue weighted by molar-refractivity contribution is 7.80. The Morgan fingerprint density at radius 2 is 1.82 bits per heavy atom. The van der Waals surface area contributed by atoms with Crippen LogP contribution in [0, 0.1) is 13.8 Å². The van der Waals surface area contributed by atoms with E-state index in [1.54, 1.807) is 6.92 Å². The van der Waals surface area contributed by atoms with Crippen LogP contribution in [0.15, 0.2) is 36.4 Å². The minimum absolute atomic E-state index is 0.469. The maximum Gasteiger partial charge on any atom is 0.164 e. The minimum atomic E-state index is 0.469. The Bertz CT molecular complexity index is 677. The summed E-state index contributed by atoms with van der Waals surface area (Å²) < 4.78 is 11.6. The lowest BCUT2D eigenvalue weighted by Crippen LogP contribution is -2.06. The van der Waals surface area contributed by atoms with E-state index in [1.807, 2.05) is 18.2 Å². The summed E-state index contributed by atoms with van der Waals surface area (Å²) >= 11 is 5.04. The predicted octanol–water partition coefficient (Wildman–Crippen LogP) is 5.17. The fraction of sp³-hybridized carbons (Fsp3) is 0.316. The van der Waals surface area contributed by atoms with Gasteiger partial charge in [0.05, 0.1) is 0 Å². The van der Waals surface area contributed by atoms with Crippen LogP contribution >= 0.6 is 12.2 Å². The quantitative estimate of drug-likeness (QED) is 0.709. The van der Waals surface area contributed by atoms with Gasteiger partial charge in [0, 0.05) is 12.5 Å². The van der Waals surface area contributed by atoms with E-state index < -0.39 is 0 Å². The summed E-state index contributed by atoms with van der Waals surface area (Å²) in [5, 5.41) is 0.510. The summed E-state index contributed by atoms with van der Waals surface area (Å²) in [4.78, 5) is 0. The first-order valence-electron chi connectivity index (χ1n) is 7.50. The summed E-state index contributed by atoms with van der Waals surface area (Å²) in [5.74, 6) is 1.68. The topological polar surface area (TPSA) is 18.5 Å². The first-order chi connectivity index (χ1) is 10.5. The Labute approximate surface area is 138 Å². The van der Waals surface area contributed by atoms with Gasteiger partial charge in [-0.25, -0.2) is 0 Å². The summed E-state index contributed by atoms with van der Waals surface area (Å²) in [6, 6.07) is 12.3. The lowest BCUT2D eigenvalue weighted by Gasteiger charge is -2.15. The van der Waals surface area contributed by atoms with Crippen molar-refractivity contribution in [3.63, 3.8) is 0 Å². The van der Waals surface area contributed by atoms with E-state index in [-0.39, 0.29) is 0 Å². The van der Waals surface area contributed by atoms with Crippen molar-refractivity contribution >= 4 is 17.3 Å². The summed E-state index contributed by atoms with van der Waals surface area (Å²) in [6.07, 6.45) is 1.03. The van der Waals surface area contributed by atoms with Crippen LogP contribution in [-0.4, -0.2) is 5.05 Å². The molecule has 0 heterocycles. The fourth-order valence-corrected chi connectivity index (χ4v) is 2.44. The van der Waals surface area contributed by atoms with Gasteiger partial charge >= 0.3 is 0 Å². The van der Waals surface area contributed by atoms with E-state index in [0.717, 1.165) is 34.6 Å². The zero-order valence-corrected chi connectivity index (χ0v) is 14.4. The van der Waals surface area contributed by atoms with Crippen LogP contribution in [0.4, 0.5) is 0 Å². The molecule has 0 fully saturated rings. The molecule has 3 heteroatoms. The summed E-state index contributed by atoms with van der Waals surface area (Å²) in [6.45, 7) is 8.52. The Hall–Kier alpha value is -1.87. The van der Waals surface area contributed by atoms with Crippen LogP contribution in [0.25, 0.3) is 0 Å². The molecule has 0 N–H and O–H groups in total. The number of hydrogen-bond donors (Lipinski definition) is 0. The Kier molecular flexibility index (Phi) is 5.56. The van der Waals surface area contributed by atoms with Gasteiger partial charge in [0.25, 0.3) is 0 Å². The predicted molar refractivity (Wildman–Crippen MR) is 95.0 cm³/mol. The van der Waals surface area contributed by atoms with E-state index in [9.17, 15) is 0 Å². The van der Waals surface area contributed by atoms with Crippen LogP contribution in [0.5, 0.6) is 11.5 Å². The molecule has 2 aromatic rings. The lowest BCUT2D eigenvalue weighted by molar-refractivity contribution is 0.299. The average Bonchev–Trinajstić information content (AvgIpc) is 2.47. The fourth-order valence-electron chi connectivity index (χ4n) is 2.35. The van der Waals surface area contributed by atoms with E-state index in [2.05, 4.69) is 39.0 Å². The molecule has 0 aliphatic rings. The molecule has 0 atom stereocenters. The third kappa shape index (κ3) is 4.08. The van der Waals surface area contributed by atoms with Crippen molar-refractivity contribution in [2.45, 2.75) is 40.7 Å². The normalized spacial score (nSPS) is 10.4. The number of benzene rings is 2. The third-order valence-electron chi connectivity index (χ3n) is 3.64. The molecular weight excluding hydrogens is 292 g/mol. The zero-order chi connectivity index (χ0) is 16.1. The number of rotatable bonds is 5. The first-order valence-corrected chi connectivity index (χ1v) is 7.91. The van der Waals surface area contributed by atoms with Gasteiger partial charge in [0.1, 0.15) is 18.1 Å². The largest absolute Gasteiger partial charge is 0.488 e. The molecule has 0 bridgehead atoms. The van der Waals surface area contributed by atoms with Crippen molar-refractivity contribution in [1.29, 1.82) is 0 Å². The first kappa shape index (κ1) is 16.5. The zero-order valence-electron chi connectivity index (χ0n) is 13.6. The van der Waals surface area contributed by atoms with E-state index in [1.165, 1.54) is 5.56 Å². The van der Waals surface area contributed by atoms with Crippen LogP contribution < -0.4 is 9.47 Å². The number of ether oxygens (including phenoxy) is 2. The maximum absolute atomic E-state index is 6.00. The standard InChI is InChI=1S/C19H22O2S/c1-5-16-9-10-18(14(3)11-16)20-12-17-13(2)7-6-8-19(17)21-15(4)22/h6-11H,5,12H2,1-4H3. The van der Waals surface area contributed by atoms with Crippen LogP contribution in [0.2, 0.25) is 0 Å². The van der Waals surface area contributed by atoms with Gasteiger partial charge in [-0.1, -0.05) is 31.2 Å². The van der Waals surface area contributed by atoms with E-state index >= 15 is 0 Å². The Morgan fingerprint density at radius 3 is 2.45 bits per heavy atom. The highest BCUT2D eigenvalue weighted by atomic mass is 32.1. The molecule has 0 amide bonds. The molecule has 0 radical (unpaired) electrons. The summed E-state index contributed by atoms with van der Waals surface area (Å²) in [7, 11) is 0. The molecule has 22 heavy (non-hydrogen) atoms. The van der Waals surface area contributed by atoms with Gasteiger partial charge in [-0.2, -0.15) is 0 Å². The van der Waals surface area contributed by atoms with Gasteiger partial charge < -0.3 is 9.47 Å². The van der Waals surface area contributed by atoms with Gasteiger partial charge in [-0.3, -0.25) is 0 Å². The van der Waals surface area contributed by atoms with Crippen molar-refractivity contribution in [1.82, 2.24) is 0 Å². The Balaban J connectivity index is 2.19. The number of aryl methyl sites for hydroxylation is 3. The molecule has 0 saturated heterocycles. The lowest BCUT2D eigenvalue weighted by atomic mass is 10.1. The van der Waals surface area contributed by atoms with Gasteiger partial charge in [-0.15, -0.1) is 0 Å². The molecule has 2 nitrogen and oxygen atoms in total. The monoisotopic (exact) mass is 314 g/mol. The molecule has 0 aliphatic carbocycles. The van der Waals surface area contributed by atoms with E-state index in [4.69, 9.17) is 21.7 Å². The molecule has 0 aromatic heterocycles. The SMILES string of the molecule is CCc1ccc(OCc2c(C)cccc2OC(C)=S)c(C)c1.